The highest BCUT2D eigenvalue weighted by molar-refractivity contribution is 5.71. The predicted molar refractivity (Wildman–Crippen MR) is 353 cm³/mol. The molecule has 462 valence electrons. The second-order valence-electron chi connectivity index (χ2n) is 22.3. The number of hydrogen-bond donors (Lipinski definition) is 0. The number of hydrogen-bond acceptors (Lipinski definition) is 6. The molecular weight excluding hydrogens is 997 g/mol. The van der Waals surface area contributed by atoms with Crippen LogP contribution in [-0.4, -0.2) is 37.2 Å². The van der Waals surface area contributed by atoms with Crippen LogP contribution in [0.1, 0.15) is 316 Å². The molecule has 0 bridgehead atoms. The van der Waals surface area contributed by atoms with Crippen molar-refractivity contribution < 1.29 is 28.6 Å². The van der Waals surface area contributed by atoms with Gasteiger partial charge in [0.2, 0.25) is 0 Å². The SMILES string of the molecule is CC/C=C\C/C=C\C/C=C\C/C=C\C/C=C\CCCCCC(=O)OCC(COC(=O)CCCCCCCCCCCCC/C=C\C/C=C\CCCCCCC)OC(=O)CCCCCCCC/C=C\C/C=C\C/C=C\CCCCCCC. The van der Waals surface area contributed by atoms with Crippen molar-refractivity contribution in [3.8, 4) is 0 Å². The largest absolute Gasteiger partial charge is 0.462 e. The molecule has 0 saturated heterocycles. The summed E-state index contributed by atoms with van der Waals surface area (Å²) in [5, 5.41) is 0. The van der Waals surface area contributed by atoms with E-state index in [1.807, 2.05) is 0 Å². The monoisotopic (exact) mass is 1120 g/mol. The zero-order valence-corrected chi connectivity index (χ0v) is 53.0. The zero-order valence-electron chi connectivity index (χ0n) is 53.0. The minimum atomic E-state index is -0.806. The first-order chi connectivity index (χ1) is 40.0. The molecule has 0 saturated carbocycles. The van der Waals surface area contributed by atoms with E-state index in [0.717, 1.165) is 128 Å². The van der Waals surface area contributed by atoms with Crippen molar-refractivity contribution in [3.05, 3.63) is 122 Å². The first-order valence-electron chi connectivity index (χ1n) is 34.0. The van der Waals surface area contributed by atoms with Crippen molar-refractivity contribution in [3.63, 3.8) is 0 Å². The molecule has 0 heterocycles. The summed E-state index contributed by atoms with van der Waals surface area (Å²) in [6.45, 7) is 6.49. The fourth-order valence-corrected chi connectivity index (χ4v) is 9.33. The first kappa shape index (κ1) is 76.8. The van der Waals surface area contributed by atoms with E-state index in [1.54, 1.807) is 0 Å². The summed E-state index contributed by atoms with van der Waals surface area (Å²) in [5.74, 6) is -0.937. The Labute approximate surface area is 501 Å². The third-order valence-corrected chi connectivity index (χ3v) is 14.4. The lowest BCUT2D eigenvalue weighted by atomic mass is 10.0. The Kier molecular flexibility index (Phi) is 64.8. The van der Waals surface area contributed by atoms with Crippen LogP contribution in [0.5, 0.6) is 0 Å². The summed E-state index contributed by atoms with van der Waals surface area (Å²) >= 11 is 0. The van der Waals surface area contributed by atoms with Crippen molar-refractivity contribution >= 4 is 17.9 Å². The minimum Gasteiger partial charge on any atom is -0.462 e. The Morgan fingerprint density at radius 3 is 0.765 bits per heavy atom. The van der Waals surface area contributed by atoms with Gasteiger partial charge in [0.15, 0.2) is 6.10 Å². The Morgan fingerprint density at radius 1 is 0.259 bits per heavy atom. The van der Waals surface area contributed by atoms with Gasteiger partial charge in [-0.3, -0.25) is 14.4 Å². The Bertz CT molecular complexity index is 1670. The van der Waals surface area contributed by atoms with Gasteiger partial charge in [0.1, 0.15) is 13.2 Å². The van der Waals surface area contributed by atoms with Crippen LogP contribution in [0.4, 0.5) is 0 Å². The van der Waals surface area contributed by atoms with Crippen LogP contribution in [-0.2, 0) is 28.6 Å². The molecule has 0 aliphatic rings. The van der Waals surface area contributed by atoms with Crippen LogP contribution in [0.2, 0.25) is 0 Å². The molecule has 0 aliphatic heterocycles. The van der Waals surface area contributed by atoms with Gasteiger partial charge in [0, 0.05) is 19.3 Å². The van der Waals surface area contributed by atoms with E-state index in [-0.39, 0.29) is 31.1 Å². The quantitative estimate of drug-likeness (QED) is 0.0261. The molecule has 0 radical (unpaired) electrons. The lowest BCUT2D eigenvalue weighted by Gasteiger charge is -2.18. The van der Waals surface area contributed by atoms with E-state index in [1.165, 1.54) is 148 Å². The smallest absolute Gasteiger partial charge is 0.306 e. The van der Waals surface area contributed by atoms with Crippen molar-refractivity contribution in [2.24, 2.45) is 0 Å². The Hall–Kier alpha value is -4.19. The van der Waals surface area contributed by atoms with Gasteiger partial charge in [-0.2, -0.15) is 0 Å². The van der Waals surface area contributed by atoms with Crippen LogP contribution in [0.15, 0.2) is 122 Å². The lowest BCUT2D eigenvalue weighted by Crippen LogP contribution is -2.30. The number of carbonyl (C=O) groups excluding carboxylic acids is 3. The van der Waals surface area contributed by atoms with E-state index in [0.29, 0.717) is 19.3 Å². The number of ether oxygens (including phenoxy) is 3. The number of esters is 3. The van der Waals surface area contributed by atoms with Crippen molar-refractivity contribution in [2.75, 3.05) is 13.2 Å². The molecule has 1 unspecified atom stereocenters. The van der Waals surface area contributed by atoms with E-state index in [9.17, 15) is 14.4 Å². The fraction of sp³-hybridized carbons (Fsp3) is 0.693. The molecule has 0 aliphatic carbocycles. The van der Waals surface area contributed by atoms with Crippen molar-refractivity contribution in [1.29, 1.82) is 0 Å². The topological polar surface area (TPSA) is 78.9 Å². The maximum atomic E-state index is 13.0. The van der Waals surface area contributed by atoms with E-state index in [4.69, 9.17) is 14.2 Å². The summed E-state index contributed by atoms with van der Waals surface area (Å²) < 4.78 is 16.9. The molecule has 81 heavy (non-hydrogen) atoms. The van der Waals surface area contributed by atoms with Gasteiger partial charge in [0.05, 0.1) is 0 Å². The molecule has 1 atom stereocenters. The highest BCUT2D eigenvalue weighted by Gasteiger charge is 2.19. The predicted octanol–water partition coefficient (Wildman–Crippen LogP) is 23.6. The first-order valence-corrected chi connectivity index (χ1v) is 34.0. The lowest BCUT2D eigenvalue weighted by molar-refractivity contribution is -0.167. The summed E-state index contributed by atoms with van der Waals surface area (Å²) in [6, 6.07) is 0. The van der Waals surface area contributed by atoms with Gasteiger partial charge in [0.25, 0.3) is 0 Å². The van der Waals surface area contributed by atoms with E-state index >= 15 is 0 Å². The Balaban J connectivity index is 4.46. The highest BCUT2D eigenvalue weighted by Crippen LogP contribution is 2.16. The molecule has 0 fully saturated rings. The zero-order chi connectivity index (χ0) is 58.5. The van der Waals surface area contributed by atoms with Crippen molar-refractivity contribution in [2.45, 2.75) is 322 Å². The van der Waals surface area contributed by atoms with E-state index in [2.05, 4.69) is 142 Å². The highest BCUT2D eigenvalue weighted by atomic mass is 16.6. The second kappa shape index (κ2) is 68.3. The Morgan fingerprint density at radius 2 is 0.481 bits per heavy atom. The summed E-state index contributed by atoms with van der Waals surface area (Å²) in [5.41, 5.74) is 0. The normalized spacial score (nSPS) is 12.9. The molecule has 6 nitrogen and oxygen atoms in total. The van der Waals surface area contributed by atoms with Crippen LogP contribution >= 0.6 is 0 Å². The number of allylic oxidation sites excluding steroid dienone is 20. The van der Waals surface area contributed by atoms with Gasteiger partial charge in [-0.05, 0) is 135 Å². The number of carbonyl (C=O) groups is 3. The summed E-state index contributed by atoms with van der Waals surface area (Å²) in [6.07, 6.45) is 94.9. The maximum Gasteiger partial charge on any atom is 0.306 e. The molecule has 6 heteroatoms. The third-order valence-electron chi connectivity index (χ3n) is 14.4. The molecule has 0 aromatic heterocycles. The molecular formula is C75H126O6. The second-order valence-corrected chi connectivity index (χ2v) is 22.3. The molecule has 0 rings (SSSR count). The molecule has 0 aromatic carbocycles. The standard InChI is InChI=1S/C75H126O6/c1-4-7-10-13-16-19-22-25-28-31-34-36-37-39-41-44-47-50-53-56-59-62-65-68-74(77)80-71-72(70-79-73(76)67-64-61-58-55-52-49-46-43-40-33-30-27-24-21-18-15-12-9-6-3)81-75(78)69-66-63-60-57-54-51-48-45-42-38-35-32-29-26-23-20-17-14-11-8-5-2/h9,12,18,21-23,25-27,30-32,34-35,40,42-43,45,49,52,72H,4-8,10-11,13-17,19-20,24,28-29,33,36-39,41,44,46-48,50-51,53-71H2,1-3H3/b12-9-,21-18-,25-22-,26-23-,30-27-,34-31-,35-32-,43-40-,45-42-,52-49-. The summed E-state index contributed by atoms with van der Waals surface area (Å²) in [4.78, 5) is 38.4. The van der Waals surface area contributed by atoms with Crippen LogP contribution in [0, 0.1) is 0 Å². The van der Waals surface area contributed by atoms with Gasteiger partial charge >= 0.3 is 17.9 Å². The average molecular weight is 1120 g/mol. The average Bonchev–Trinajstić information content (AvgIpc) is 3.47. The van der Waals surface area contributed by atoms with Gasteiger partial charge in [-0.1, -0.05) is 284 Å². The molecule has 0 N–H and O–H groups in total. The maximum absolute atomic E-state index is 13.0. The van der Waals surface area contributed by atoms with Gasteiger partial charge in [-0.25, -0.2) is 0 Å². The fourth-order valence-electron chi connectivity index (χ4n) is 9.33. The van der Waals surface area contributed by atoms with Crippen LogP contribution in [0.3, 0.4) is 0 Å². The number of rotatable bonds is 61. The molecule has 0 spiro atoms. The minimum absolute atomic E-state index is 0.0971. The summed E-state index contributed by atoms with van der Waals surface area (Å²) in [7, 11) is 0. The number of unbranched alkanes of at least 4 members (excludes halogenated alkanes) is 30. The van der Waals surface area contributed by atoms with Gasteiger partial charge < -0.3 is 14.2 Å². The molecule has 0 amide bonds. The van der Waals surface area contributed by atoms with Crippen molar-refractivity contribution in [1.82, 2.24) is 0 Å². The third kappa shape index (κ3) is 66.5. The van der Waals surface area contributed by atoms with Crippen LogP contribution in [0.25, 0.3) is 0 Å². The van der Waals surface area contributed by atoms with Gasteiger partial charge in [-0.15, -0.1) is 0 Å². The molecule has 0 aromatic rings. The van der Waals surface area contributed by atoms with E-state index < -0.39 is 6.10 Å². The van der Waals surface area contributed by atoms with Crippen LogP contribution < -0.4 is 0 Å².